The molecule has 1 saturated heterocycles. The average Bonchev–Trinajstić information content (AvgIpc) is 2.77. The summed E-state index contributed by atoms with van der Waals surface area (Å²) in [6, 6.07) is 20.1. The predicted octanol–water partition coefficient (Wildman–Crippen LogP) is 4.74. The van der Waals surface area contributed by atoms with Gasteiger partial charge >= 0.3 is 0 Å². The Morgan fingerprint density at radius 3 is 2.06 bits per heavy atom. The van der Waals surface area contributed by atoms with E-state index in [4.69, 9.17) is 4.74 Å². The summed E-state index contributed by atoms with van der Waals surface area (Å²) in [6.07, 6.45) is 0. The number of amides is 2. The van der Waals surface area contributed by atoms with Crippen LogP contribution >= 0.6 is 0 Å². The third-order valence-corrected chi connectivity index (χ3v) is 5.87. The second-order valence-electron chi connectivity index (χ2n) is 7.97. The molecular weight excluding hydrogens is 388 g/mol. The Labute approximate surface area is 182 Å². The fourth-order valence-electron chi connectivity index (χ4n) is 3.88. The van der Waals surface area contributed by atoms with Crippen LogP contribution in [0, 0.1) is 20.8 Å². The molecule has 4 rings (SSSR count). The van der Waals surface area contributed by atoms with Gasteiger partial charge in [0, 0.05) is 11.4 Å². The third-order valence-electron chi connectivity index (χ3n) is 5.87. The molecule has 0 aliphatic carbocycles. The van der Waals surface area contributed by atoms with E-state index in [2.05, 4.69) is 0 Å². The van der Waals surface area contributed by atoms with Gasteiger partial charge in [0.05, 0.1) is 7.11 Å². The molecular formula is C26H26N2O3. The lowest BCUT2D eigenvalue weighted by atomic mass is 9.98. The Kier molecular flexibility index (Phi) is 5.51. The van der Waals surface area contributed by atoms with Crippen molar-refractivity contribution in [3.8, 4) is 5.75 Å². The molecule has 5 heteroatoms. The molecule has 0 saturated carbocycles. The quantitative estimate of drug-likeness (QED) is 0.620. The zero-order valence-corrected chi connectivity index (χ0v) is 18.3. The fourth-order valence-corrected chi connectivity index (χ4v) is 3.88. The lowest BCUT2D eigenvalue weighted by Crippen LogP contribution is -2.56. The molecule has 5 nitrogen and oxygen atoms in total. The smallest absolute Gasteiger partial charge is 0.255 e. The maximum atomic E-state index is 13.7. The minimum atomic E-state index is -0.754. The molecule has 3 aromatic rings. The highest BCUT2D eigenvalue weighted by Crippen LogP contribution is 2.35. The van der Waals surface area contributed by atoms with Crippen LogP contribution < -0.4 is 14.5 Å². The van der Waals surface area contributed by atoms with Gasteiger partial charge in [0.15, 0.2) is 0 Å². The van der Waals surface area contributed by atoms with Gasteiger partial charge in [-0.3, -0.25) is 14.5 Å². The molecule has 1 fully saturated rings. The summed E-state index contributed by atoms with van der Waals surface area (Å²) in [5.41, 5.74) is 5.51. The first-order valence-electron chi connectivity index (χ1n) is 10.3. The van der Waals surface area contributed by atoms with Crippen LogP contribution in [0.3, 0.4) is 0 Å². The number of methoxy groups -OCH3 is 1. The second-order valence-corrected chi connectivity index (χ2v) is 7.97. The first kappa shape index (κ1) is 20.7. The molecule has 0 radical (unpaired) electrons. The molecule has 0 spiro atoms. The third kappa shape index (κ3) is 3.91. The first-order valence-corrected chi connectivity index (χ1v) is 10.3. The molecule has 158 valence electrons. The van der Waals surface area contributed by atoms with E-state index in [1.807, 2.05) is 87.5 Å². The lowest BCUT2D eigenvalue weighted by Gasteiger charge is -2.40. The van der Waals surface area contributed by atoms with Crippen molar-refractivity contribution in [2.24, 2.45) is 0 Å². The van der Waals surface area contributed by atoms with Crippen LogP contribution in [-0.2, 0) is 9.59 Å². The first-order chi connectivity index (χ1) is 14.9. The van der Waals surface area contributed by atoms with Gasteiger partial charge in [0.2, 0.25) is 5.91 Å². The number of piperazine rings is 1. The van der Waals surface area contributed by atoms with Crippen molar-refractivity contribution in [1.82, 2.24) is 0 Å². The van der Waals surface area contributed by atoms with Crippen molar-refractivity contribution >= 4 is 23.2 Å². The van der Waals surface area contributed by atoms with Crippen molar-refractivity contribution in [2.45, 2.75) is 26.8 Å². The van der Waals surface area contributed by atoms with Crippen molar-refractivity contribution in [1.29, 1.82) is 0 Å². The summed E-state index contributed by atoms with van der Waals surface area (Å²) in [6.45, 7) is 6.04. The van der Waals surface area contributed by atoms with Gasteiger partial charge in [-0.25, -0.2) is 0 Å². The van der Waals surface area contributed by atoms with E-state index in [9.17, 15) is 9.59 Å². The number of nitrogens with zero attached hydrogens (tertiary/aromatic N) is 2. The topological polar surface area (TPSA) is 49.9 Å². The largest absolute Gasteiger partial charge is 0.497 e. The van der Waals surface area contributed by atoms with Crippen molar-refractivity contribution in [3.05, 3.63) is 89.0 Å². The Morgan fingerprint density at radius 2 is 1.45 bits per heavy atom. The maximum absolute atomic E-state index is 13.7. The maximum Gasteiger partial charge on any atom is 0.255 e. The summed E-state index contributed by atoms with van der Waals surface area (Å²) in [5, 5.41) is 0. The van der Waals surface area contributed by atoms with Crippen LogP contribution in [0.1, 0.15) is 28.3 Å². The highest BCUT2D eigenvalue weighted by molar-refractivity contribution is 6.14. The van der Waals surface area contributed by atoms with Gasteiger partial charge in [0.1, 0.15) is 18.3 Å². The normalized spacial score (nSPS) is 16.6. The van der Waals surface area contributed by atoms with E-state index in [1.54, 1.807) is 16.9 Å². The molecule has 3 aromatic carbocycles. The molecule has 31 heavy (non-hydrogen) atoms. The minimum absolute atomic E-state index is 0.00146. The van der Waals surface area contributed by atoms with Crippen molar-refractivity contribution in [3.63, 3.8) is 0 Å². The molecule has 0 aromatic heterocycles. The zero-order valence-electron chi connectivity index (χ0n) is 18.3. The number of rotatable bonds is 4. The van der Waals surface area contributed by atoms with E-state index in [1.165, 1.54) is 0 Å². The Morgan fingerprint density at radius 1 is 0.806 bits per heavy atom. The van der Waals surface area contributed by atoms with E-state index in [0.717, 1.165) is 33.6 Å². The molecule has 0 bridgehead atoms. The molecule has 1 heterocycles. The molecule has 0 N–H and O–H groups in total. The van der Waals surface area contributed by atoms with Crippen LogP contribution in [0.5, 0.6) is 5.75 Å². The van der Waals surface area contributed by atoms with Gasteiger partial charge in [-0.15, -0.1) is 0 Å². The van der Waals surface area contributed by atoms with E-state index in [-0.39, 0.29) is 18.4 Å². The van der Waals surface area contributed by atoms with Crippen LogP contribution in [0.15, 0.2) is 66.7 Å². The molecule has 1 aliphatic rings. The highest BCUT2D eigenvalue weighted by Gasteiger charge is 2.41. The number of hydrogen-bond donors (Lipinski definition) is 0. The standard InChI is InChI=1S/C26H26N2O3/c1-17-5-10-21(11-6-17)27-16-24(29)28(22-12-7-18(2)19(3)15-22)25(26(27)30)20-8-13-23(31-4)14-9-20/h5-15,25H,16H2,1-4H3/t25-/m0/s1. The second kappa shape index (κ2) is 8.26. The van der Waals surface area contributed by atoms with E-state index < -0.39 is 6.04 Å². The van der Waals surface area contributed by atoms with Gasteiger partial charge in [-0.1, -0.05) is 35.9 Å². The van der Waals surface area contributed by atoms with Gasteiger partial charge in [-0.05, 0) is 73.9 Å². The van der Waals surface area contributed by atoms with E-state index >= 15 is 0 Å². The average molecular weight is 415 g/mol. The van der Waals surface area contributed by atoms with Crippen LogP contribution in [0.25, 0.3) is 0 Å². The van der Waals surface area contributed by atoms with Crippen LogP contribution in [-0.4, -0.2) is 25.5 Å². The highest BCUT2D eigenvalue weighted by atomic mass is 16.5. The molecule has 1 aliphatic heterocycles. The van der Waals surface area contributed by atoms with Crippen LogP contribution in [0.2, 0.25) is 0 Å². The summed E-state index contributed by atoms with van der Waals surface area (Å²) < 4.78 is 5.27. The monoisotopic (exact) mass is 414 g/mol. The number of carbonyl (C=O) groups is 2. The Bertz CT molecular complexity index is 1120. The van der Waals surface area contributed by atoms with Crippen molar-refractivity contribution in [2.75, 3.05) is 23.5 Å². The summed E-state index contributed by atoms with van der Waals surface area (Å²) in [4.78, 5) is 30.4. The van der Waals surface area contributed by atoms with Crippen LogP contribution in [0.4, 0.5) is 11.4 Å². The minimum Gasteiger partial charge on any atom is -0.497 e. The number of anilines is 2. The van der Waals surface area contributed by atoms with Gasteiger partial charge < -0.3 is 9.64 Å². The van der Waals surface area contributed by atoms with Crippen molar-refractivity contribution < 1.29 is 14.3 Å². The Hall–Kier alpha value is -3.60. The Balaban J connectivity index is 1.81. The van der Waals surface area contributed by atoms with Gasteiger partial charge in [-0.2, -0.15) is 0 Å². The van der Waals surface area contributed by atoms with Gasteiger partial charge in [0.25, 0.3) is 5.91 Å². The number of hydrogen-bond acceptors (Lipinski definition) is 3. The molecule has 2 amide bonds. The van der Waals surface area contributed by atoms with E-state index in [0.29, 0.717) is 5.75 Å². The zero-order chi connectivity index (χ0) is 22.1. The summed E-state index contributed by atoms with van der Waals surface area (Å²) in [5.74, 6) is 0.447. The summed E-state index contributed by atoms with van der Waals surface area (Å²) >= 11 is 0. The lowest BCUT2D eigenvalue weighted by molar-refractivity contribution is -0.128. The number of benzene rings is 3. The number of aryl methyl sites for hydroxylation is 3. The predicted molar refractivity (Wildman–Crippen MR) is 123 cm³/mol. The SMILES string of the molecule is COc1ccc([C@H]2C(=O)N(c3ccc(C)cc3)CC(=O)N2c2ccc(C)c(C)c2)cc1. The molecule has 1 atom stereocenters. The fraction of sp³-hybridized carbons (Fsp3) is 0.231. The molecule has 0 unspecified atom stereocenters. The number of carbonyl (C=O) groups excluding carboxylic acids is 2. The summed E-state index contributed by atoms with van der Waals surface area (Å²) in [7, 11) is 1.60. The number of ether oxygens (including phenoxy) is 1.